The highest BCUT2D eigenvalue weighted by Gasteiger charge is 2.38. The van der Waals surface area contributed by atoms with Gasteiger partial charge in [-0.25, -0.2) is 4.68 Å². The molecule has 0 saturated heterocycles. The predicted octanol–water partition coefficient (Wildman–Crippen LogP) is 5.28. The Labute approximate surface area is 170 Å². The molecule has 3 aromatic rings. The molecule has 0 unspecified atom stereocenters. The van der Waals surface area contributed by atoms with Gasteiger partial charge in [0.1, 0.15) is 5.82 Å². The first-order valence-corrected chi connectivity index (χ1v) is 10.0. The standard InChI is InChI=1S/C21H18F3N3OS/c1-12-7-9-14(10-8-12)27-20-18(13(2)26-27)19(29-11-17(28)25-20)15-5-3-4-6-16(15)21(22,23)24/h3-10,19H,11H2,1-2H3,(H,25,28)/t19-/m0/s1. The number of hydrogen-bond acceptors (Lipinski definition) is 3. The van der Waals surface area contributed by atoms with E-state index < -0.39 is 17.0 Å². The summed E-state index contributed by atoms with van der Waals surface area (Å²) < 4.78 is 42.6. The summed E-state index contributed by atoms with van der Waals surface area (Å²) in [5, 5.41) is 6.72. The highest BCUT2D eigenvalue weighted by Crippen LogP contribution is 2.47. The van der Waals surface area contributed by atoms with Crippen molar-refractivity contribution in [2.45, 2.75) is 25.3 Å². The highest BCUT2D eigenvalue weighted by atomic mass is 32.2. The lowest BCUT2D eigenvalue weighted by atomic mass is 9.98. The Bertz CT molecular complexity index is 1070. The minimum absolute atomic E-state index is 0.0544. The molecule has 4 rings (SSSR count). The number of halogens is 3. The van der Waals surface area contributed by atoms with E-state index in [-0.39, 0.29) is 17.2 Å². The number of nitrogens with zero attached hydrogens (tertiary/aromatic N) is 2. The van der Waals surface area contributed by atoms with Crippen LogP contribution in [-0.2, 0) is 11.0 Å². The first-order valence-electron chi connectivity index (χ1n) is 9.00. The van der Waals surface area contributed by atoms with E-state index >= 15 is 0 Å². The number of carbonyl (C=O) groups is 1. The molecule has 0 bridgehead atoms. The monoisotopic (exact) mass is 417 g/mol. The molecule has 8 heteroatoms. The maximum absolute atomic E-state index is 13.7. The van der Waals surface area contributed by atoms with Gasteiger partial charge in [0.25, 0.3) is 0 Å². The van der Waals surface area contributed by atoms with Crippen LogP contribution in [0.1, 0.15) is 33.2 Å². The molecule has 1 aliphatic rings. The zero-order chi connectivity index (χ0) is 20.8. The fraction of sp³-hybridized carbons (Fsp3) is 0.238. The topological polar surface area (TPSA) is 46.9 Å². The smallest absolute Gasteiger partial charge is 0.310 e. The molecule has 1 atom stereocenters. The predicted molar refractivity (Wildman–Crippen MR) is 107 cm³/mol. The summed E-state index contributed by atoms with van der Waals surface area (Å²) in [5.41, 5.74) is 2.42. The lowest BCUT2D eigenvalue weighted by Crippen LogP contribution is -2.15. The van der Waals surface area contributed by atoms with Gasteiger partial charge in [-0.1, -0.05) is 35.9 Å². The maximum atomic E-state index is 13.7. The van der Waals surface area contributed by atoms with Gasteiger partial charge in [-0.2, -0.15) is 18.3 Å². The number of fused-ring (bicyclic) bond motifs is 1. The molecule has 1 N–H and O–H groups in total. The summed E-state index contributed by atoms with van der Waals surface area (Å²) in [5.74, 6) is 0.207. The number of rotatable bonds is 2. The van der Waals surface area contributed by atoms with Crippen LogP contribution in [0.2, 0.25) is 0 Å². The van der Waals surface area contributed by atoms with Gasteiger partial charge in [0.15, 0.2) is 0 Å². The number of alkyl halides is 3. The van der Waals surface area contributed by atoms with Gasteiger partial charge in [-0.05, 0) is 37.6 Å². The summed E-state index contributed by atoms with van der Waals surface area (Å²) in [6.07, 6.45) is -4.48. The number of aromatic nitrogens is 2. The van der Waals surface area contributed by atoms with Gasteiger partial charge in [0.2, 0.25) is 5.91 Å². The molecule has 29 heavy (non-hydrogen) atoms. The summed E-state index contributed by atoms with van der Waals surface area (Å²) in [6, 6.07) is 13.1. The minimum atomic E-state index is -4.48. The van der Waals surface area contributed by atoms with Crippen LogP contribution < -0.4 is 5.32 Å². The van der Waals surface area contributed by atoms with Crippen molar-refractivity contribution >= 4 is 23.5 Å². The molecule has 0 aliphatic carbocycles. The Morgan fingerprint density at radius 3 is 2.48 bits per heavy atom. The average Bonchev–Trinajstić information content (AvgIpc) is 2.88. The second-order valence-corrected chi connectivity index (χ2v) is 8.01. The van der Waals surface area contributed by atoms with Crippen molar-refractivity contribution in [2.24, 2.45) is 0 Å². The van der Waals surface area contributed by atoms with Crippen LogP contribution in [0.4, 0.5) is 19.0 Å². The van der Waals surface area contributed by atoms with E-state index in [0.717, 1.165) is 17.3 Å². The molecule has 0 spiro atoms. The van der Waals surface area contributed by atoms with E-state index in [0.29, 0.717) is 17.1 Å². The molecule has 0 fully saturated rings. The Hall–Kier alpha value is -2.74. The van der Waals surface area contributed by atoms with Crippen molar-refractivity contribution in [3.8, 4) is 5.69 Å². The van der Waals surface area contributed by atoms with Crippen molar-refractivity contribution in [1.82, 2.24) is 9.78 Å². The summed E-state index contributed by atoms with van der Waals surface area (Å²) in [4.78, 5) is 12.4. The maximum Gasteiger partial charge on any atom is 0.416 e. The molecule has 2 aromatic carbocycles. The third-order valence-corrected chi connectivity index (χ3v) is 6.09. The van der Waals surface area contributed by atoms with Crippen LogP contribution in [-0.4, -0.2) is 21.4 Å². The fourth-order valence-corrected chi connectivity index (χ4v) is 4.71. The number of anilines is 1. The molecule has 4 nitrogen and oxygen atoms in total. The highest BCUT2D eigenvalue weighted by molar-refractivity contribution is 8.00. The number of aryl methyl sites for hydroxylation is 2. The summed E-state index contributed by atoms with van der Waals surface area (Å²) >= 11 is 1.18. The molecule has 1 aromatic heterocycles. The third-order valence-electron chi connectivity index (χ3n) is 4.84. The van der Waals surface area contributed by atoms with Gasteiger partial charge in [-0.15, -0.1) is 11.8 Å². The van der Waals surface area contributed by atoms with E-state index in [1.54, 1.807) is 17.7 Å². The molecular weight excluding hydrogens is 399 g/mol. The quantitative estimate of drug-likeness (QED) is 0.617. The van der Waals surface area contributed by atoms with Crippen molar-refractivity contribution in [1.29, 1.82) is 0 Å². The zero-order valence-corrected chi connectivity index (χ0v) is 16.6. The normalized spacial score (nSPS) is 16.9. The zero-order valence-electron chi connectivity index (χ0n) is 15.7. The largest absolute Gasteiger partial charge is 0.416 e. The average molecular weight is 417 g/mol. The van der Waals surface area contributed by atoms with Crippen molar-refractivity contribution in [3.05, 3.63) is 76.5 Å². The second-order valence-electron chi connectivity index (χ2n) is 6.92. The Morgan fingerprint density at radius 1 is 1.10 bits per heavy atom. The molecular formula is C21H18F3N3OS. The van der Waals surface area contributed by atoms with E-state index in [1.165, 1.54) is 23.9 Å². The molecule has 1 amide bonds. The first-order chi connectivity index (χ1) is 13.8. The first kappa shape index (κ1) is 19.6. The van der Waals surface area contributed by atoms with Crippen LogP contribution in [0.15, 0.2) is 48.5 Å². The van der Waals surface area contributed by atoms with Gasteiger partial charge < -0.3 is 5.32 Å². The SMILES string of the molecule is Cc1ccc(-n2nc(C)c3c2NC(=O)CS[C@H]3c2ccccc2C(F)(F)F)cc1. The van der Waals surface area contributed by atoms with E-state index in [1.807, 2.05) is 31.2 Å². The molecule has 2 heterocycles. The van der Waals surface area contributed by atoms with Crippen molar-refractivity contribution < 1.29 is 18.0 Å². The lowest BCUT2D eigenvalue weighted by Gasteiger charge is -2.20. The number of benzene rings is 2. The Balaban J connectivity index is 1.92. The minimum Gasteiger partial charge on any atom is -0.310 e. The van der Waals surface area contributed by atoms with Crippen LogP contribution >= 0.6 is 11.8 Å². The molecule has 0 radical (unpaired) electrons. The Kier molecular flexibility index (Phi) is 4.90. The van der Waals surface area contributed by atoms with Gasteiger partial charge in [0, 0.05) is 5.56 Å². The lowest BCUT2D eigenvalue weighted by molar-refractivity contribution is -0.138. The Morgan fingerprint density at radius 2 is 1.79 bits per heavy atom. The molecule has 1 aliphatic heterocycles. The summed E-state index contributed by atoms with van der Waals surface area (Å²) in [7, 11) is 0. The van der Waals surface area contributed by atoms with Crippen molar-refractivity contribution in [2.75, 3.05) is 11.1 Å². The molecule has 150 valence electrons. The second kappa shape index (κ2) is 7.26. The molecule has 0 saturated carbocycles. The number of carbonyl (C=O) groups excluding carboxylic acids is 1. The van der Waals surface area contributed by atoms with Gasteiger partial charge >= 0.3 is 6.18 Å². The third kappa shape index (κ3) is 3.64. The van der Waals surface area contributed by atoms with Crippen LogP contribution in [0.25, 0.3) is 5.69 Å². The number of nitrogens with one attached hydrogen (secondary N) is 1. The fourth-order valence-electron chi connectivity index (χ4n) is 3.49. The van der Waals surface area contributed by atoms with Crippen molar-refractivity contribution in [3.63, 3.8) is 0 Å². The van der Waals surface area contributed by atoms with Gasteiger partial charge in [0.05, 0.1) is 27.9 Å². The number of amides is 1. The van der Waals surface area contributed by atoms with E-state index in [2.05, 4.69) is 10.4 Å². The van der Waals surface area contributed by atoms with E-state index in [4.69, 9.17) is 0 Å². The van der Waals surface area contributed by atoms with E-state index in [9.17, 15) is 18.0 Å². The summed E-state index contributed by atoms with van der Waals surface area (Å²) in [6.45, 7) is 3.71. The van der Waals surface area contributed by atoms with Crippen LogP contribution in [0.3, 0.4) is 0 Å². The van der Waals surface area contributed by atoms with Gasteiger partial charge in [-0.3, -0.25) is 4.79 Å². The van der Waals surface area contributed by atoms with Crippen LogP contribution in [0, 0.1) is 13.8 Å². The van der Waals surface area contributed by atoms with Crippen LogP contribution in [0.5, 0.6) is 0 Å². The number of thioether (sulfide) groups is 1. The number of hydrogen-bond donors (Lipinski definition) is 1.